The highest BCUT2D eigenvalue weighted by atomic mass is 16.2. The van der Waals surface area contributed by atoms with Gasteiger partial charge in [0.05, 0.1) is 11.2 Å². The van der Waals surface area contributed by atoms with Gasteiger partial charge >= 0.3 is 0 Å². The lowest BCUT2D eigenvalue weighted by molar-refractivity contribution is -0.115. The second kappa shape index (κ2) is 4.65. The van der Waals surface area contributed by atoms with Gasteiger partial charge in [0, 0.05) is 37.3 Å². The topological polar surface area (TPSA) is 76.5 Å². The molecule has 0 aromatic carbocycles. The molecule has 2 N–H and O–H groups in total. The second-order valence-corrected chi connectivity index (χ2v) is 4.39. The average molecular weight is 267 g/mol. The van der Waals surface area contributed by atoms with Crippen LogP contribution in [0.25, 0.3) is 5.52 Å². The molecule has 0 fully saturated rings. The van der Waals surface area contributed by atoms with Crippen molar-refractivity contribution < 1.29 is 4.79 Å². The zero-order valence-corrected chi connectivity index (χ0v) is 10.9. The number of amides is 1. The highest BCUT2D eigenvalue weighted by Gasteiger charge is 2.16. The SMILES string of the molecule is CC(=O)N(c1ccn2nccc2c1)c1cc(N)ccn1. The Morgan fingerprint density at radius 2 is 2.10 bits per heavy atom. The number of hydrogen-bond acceptors (Lipinski definition) is 4. The molecule has 1 amide bonds. The van der Waals surface area contributed by atoms with E-state index >= 15 is 0 Å². The lowest BCUT2D eigenvalue weighted by Crippen LogP contribution is -2.23. The average Bonchev–Trinajstić information content (AvgIpc) is 2.86. The van der Waals surface area contributed by atoms with E-state index < -0.39 is 0 Å². The van der Waals surface area contributed by atoms with Crippen LogP contribution in [0.4, 0.5) is 17.2 Å². The Hall–Kier alpha value is -2.89. The van der Waals surface area contributed by atoms with Crippen molar-refractivity contribution in [2.24, 2.45) is 0 Å². The molecule has 0 saturated carbocycles. The number of fused-ring (bicyclic) bond motifs is 1. The third-order valence-corrected chi connectivity index (χ3v) is 2.95. The van der Waals surface area contributed by atoms with E-state index in [2.05, 4.69) is 10.1 Å². The summed E-state index contributed by atoms with van der Waals surface area (Å²) in [5.41, 5.74) is 7.94. The van der Waals surface area contributed by atoms with Crippen molar-refractivity contribution >= 4 is 28.6 Å². The summed E-state index contributed by atoms with van der Waals surface area (Å²) >= 11 is 0. The third-order valence-electron chi connectivity index (χ3n) is 2.95. The van der Waals surface area contributed by atoms with Crippen LogP contribution in [0, 0.1) is 0 Å². The molecule has 0 bridgehead atoms. The number of nitrogens with zero attached hydrogens (tertiary/aromatic N) is 4. The molecule has 0 unspecified atom stereocenters. The number of pyridine rings is 2. The van der Waals surface area contributed by atoms with Gasteiger partial charge in [0.25, 0.3) is 0 Å². The van der Waals surface area contributed by atoms with Crippen molar-refractivity contribution in [1.29, 1.82) is 0 Å². The molecule has 0 aliphatic heterocycles. The number of aromatic nitrogens is 3. The minimum absolute atomic E-state index is 0.132. The lowest BCUT2D eigenvalue weighted by atomic mass is 10.3. The first-order valence-corrected chi connectivity index (χ1v) is 6.11. The van der Waals surface area contributed by atoms with Crippen molar-refractivity contribution in [3.8, 4) is 0 Å². The van der Waals surface area contributed by atoms with E-state index in [0.717, 1.165) is 11.2 Å². The van der Waals surface area contributed by atoms with E-state index in [1.54, 1.807) is 35.2 Å². The number of anilines is 3. The molecule has 3 aromatic heterocycles. The smallest absolute Gasteiger partial charge is 0.229 e. The maximum atomic E-state index is 12.0. The van der Waals surface area contributed by atoms with E-state index in [-0.39, 0.29) is 5.91 Å². The van der Waals surface area contributed by atoms with Crippen LogP contribution in [0.1, 0.15) is 6.92 Å². The minimum atomic E-state index is -0.132. The van der Waals surface area contributed by atoms with E-state index in [9.17, 15) is 4.79 Å². The highest BCUT2D eigenvalue weighted by molar-refractivity contribution is 5.98. The van der Waals surface area contributed by atoms with Crippen LogP contribution in [0.3, 0.4) is 0 Å². The van der Waals surface area contributed by atoms with Crippen LogP contribution in [-0.2, 0) is 4.79 Å². The number of nitrogens with two attached hydrogens (primary N) is 1. The molecule has 20 heavy (non-hydrogen) atoms. The maximum absolute atomic E-state index is 12.0. The molecule has 6 heteroatoms. The maximum Gasteiger partial charge on any atom is 0.229 e. The lowest BCUT2D eigenvalue weighted by Gasteiger charge is -2.20. The van der Waals surface area contributed by atoms with E-state index in [4.69, 9.17) is 5.73 Å². The number of nitrogen functional groups attached to an aromatic ring is 1. The standard InChI is InChI=1S/C14H13N5O/c1-10(20)19(14-8-11(15)2-5-16-14)13-4-7-18-12(9-13)3-6-17-18/h2-9H,1H3,(H2,15,16). The summed E-state index contributed by atoms with van der Waals surface area (Å²) in [4.78, 5) is 17.7. The van der Waals surface area contributed by atoms with Gasteiger partial charge in [-0.1, -0.05) is 0 Å². The Morgan fingerprint density at radius 1 is 1.25 bits per heavy atom. The van der Waals surface area contributed by atoms with Crippen LogP contribution in [-0.4, -0.2) is 20.5 Å². The van der Waals surface area contributed by atoms with Crippen LogP contribution in [0.5, 0.6) is 0 Å². The highest BCUT2D eigenvalue weighted by Crippen LogP contribution is 2.25. The molecule has 3 heterocycles. The van der Waals surface area contributed by atoms with Gasteiger partial charge < -0.3 is 5.73 Å². The number of carbonyl (C=O) groups is 1. The molecule has 0 saturated heterocycles. The summed E-state index contributed by atoms with van der Waals surface area (Å²) in [7, 11) is 0. The van der Waals surface area contributed by atoms with Gasteiger partial charge in [0.15, 0.2) is 0 Å². The molecule has 100 valence electrons. The molecule has 0 aliphatic rings. The first-order valence-electron chi connectivity index (χ1n) is 6.11. The first-order chi connectivity index (χ1) is 9.65. The number of rotatable bonds is 2. The summed E-state index contributed by atoms with van der Waals surface area (Å²) in [6.07, 6.45) is 5.08. The zero-order valence-electron chi connectivity index (χ0n) is 10.9. The van der Waals surface area contributed by atoms with Crippen molar-refractivity contribution in [2.75, 3.05) is 10.6 Å². The normalized spacial score (nSPS) is 10.7. The monoisotopic (exact) mass is 267 g/mol. The molecule has 0 atom stereocenters. The summed E-state index contributed by atoms with van der Waals surface area (Å²) in [5.74, 6) is 0.369. The Balaban J connectivity index is 2.12. The summed E-state index contributed by atoms with van der Waals surface area (Å²) in [6.45, 7) is 1.49. The van der Waals surface area contributed by atoms with Crippen molar-refractivity contribution in [3.63, 3.8) is 0 Å². The summed E-state index contributed by atoms with van der Waals surface area (Å²) < 4.78 is 1.73. The molecule has 3 rings (SSSR count). The predicted octanol–water partition coefficient (Wildman–Crippen LogP) is 2.00. The minimum Gasteiger partial charge on any atom is -0.399 e. The van der Waals surface area contributed by atoms with Crippen molar-refractivity contribution in [3.05, 3.63) is 48.9 Å². The fraction of sp³-hybridized carbons (Fsp3) is 0.0714. The van der Waals surface area contributed by atoms with Gasteiger partial charge in [-0.3, -0.25) is 9.69 Å². The molecule has 0 aliphatic carbocycles. The molecule has 0 spiro atoms. The van der Waals surface area contributed by atoms with Gasteiger partial charge in [-0.25, -0.2) is 9.50 Å². The third kappa shape index (κ3) is 2.07. The fourth-order valence-corrected chi connectivity index (χ4v) is 2.08. The van der Waals surface area contributed by atoms with E-state index in [1.807, 2.05) is 18.2 Å². The molecule has 6 nitrogen and oxygen atoms in total. The van der Waals surface area contributed by atoms with Gasteiger partial charge in [0.2, 0.25) is 5.91 Å². The molecular weight excluding hydrogens is 254 g/mol. The largest absolute Gasteiger partial charge is 0.399 e. The van der Waals surface area contributed by atoms with Crippen molar-refractivity contribution in [1.82, 2.24) is 14.6 Å². The van der Waals surface area contributed by atoms with Gasteiger partial charge in [-0.2, -0.15) is 5.10 Å². The van der Waals surface area contributed by atoms with Gasteiger partial charge in [-0.15, -0.1) is 0 Å². The van der Waals surface area contributed by atoms with Crippen molar-refractivity contribution in [2.45, 2.75) is 6.92 Å². The second-order valence-electron chi connectivity index (χ2n) is 4.39. The summed E-state index contributed by atoms with van der Waals surface area (Å²) in [6, 6.07) is 8.91. The van der Waals surface area contributed by atoms with Gasteiger partial charge in [0.1, 0.15) is 5.82 Å². The molecule has 0 radical (unpaired) electrons. The quantitative estimate of drug-likeness (QED) is 0.770. The van der Waals surface area contributed by atoms with E-state index in [0.29, 0.717) is 11.5 Å². The number of hydrogen-bond donors (Lipinski definition) is 1. The predicted molar refractivity (Wildman–Crippen MR) is 76.7 cm³/mol. The molecule has 3 aromatic rings. The molecular formula is C14H13N5O. The Kier molecular flexibility index (Phi) is 2.83. The zero-order chi connectivity index (χ0) is 14.1. The fourth-order valence-electron chi connectivity index (χ4n) is 2.08. The van der Waals surface area contributed by atoms with E-state index in [1.165, 1.54) is 11.8 Å². The Morgan fingerprint density at radius 3 is 2.85 bits per heavy atom. The van der Waals surface area contributed by atoms with Crippen LogP contribution >= 0.6 is 0 Å². The summed E-state index contributed by atoms with van der Waals surface area (Å²) in [5, 5.41) is 4.13. The Bertz CT molecular complexity index is 780. The van der Waals surface area contributed by atoms with Crippen LogP contribution in [0.15, 0.2) is 48.9 Å². The van der Waals surface area contributed by atoms with Crippen LogP contribution in [0.2, 0.25) is 0 Å². The van der Waals surface area contributed by atoms with Gasteiger partial charge in [-0.05, 0) is 24.3 Å². The first kappa shape index (κ1) is 12.2. The van der Waals surface area contributed by atoms with Crippen LogP contribution < -0.4 is 10.6 Å². The number of carbonyl (C=O) groups excluding carboxylic acids is 1. The Labute approximate surface area is 115 Å².